The third-order valence-corrected chi connectivity index (χ3v) is 12.6. The van der Waals surface area contributed by atoms with Gasteiger partial charge in [-0.15, -0.1) is 0 Å². The number of nitrogens with zero attached hydrogens (tertiary/aromatic N) is 3. The number of amides is 2. The number of nitrogens with one attached hydrogen (secondary N) is 1. The molecule has 244 valence electrons. The van der Waals surface area contributed by atoms with Crippen LogP contribution in [0.5, 0.6) is 5.75 Å². The number of rotatable bonds is 6. The largest absolute Gasteiger partial charge is 0.497 e. The smallest absolute Gasteiger partial charge is 0.303 e. The molecule has 46 heavy (non-hydrogen) atoms. The Labute approximate surface area is 270 Å². The first-order chi connectivity index (χ1) is 22.1. The number of benzene rings is 2. The van der Waals surface area contributed by atoms with Crippen LogP contribution in [-0.2, 0) is 26.3 Å². The Morgan fingerprint density at radius 3 is 2.43 bits per heavy atom. The van der Waals surface area contributed by atoms with E-state index in [0.717, 1.165) is 69.9 Å². The molecule has 2 saturated heterocycles. The number of hydrogen-bond donors (Lipinski definition) is 1. The van der Waals surface area contributed by atoms with Crippen molar-refractivity contribution in [2.75, 3.05) is 34.3 Å². The van der Waals surface area contributed by atoms with Gasteiger partial charge in [-0.2, -0.15) is 12.7 Å². The molecule has 8 rings (SSSR count). The highest BCUT2D eigenvalue weighted by Crippen LogP contribution is 2.66. The number of fused-ring (bicyclic) bond motifs is 9. The maximum Gasteiger partial charge on any atom is 0.303 e. The summed E-state index contributed by atoms with van der Waals surface area (Å²) in [5.41, 5.74) is 5.20. The Kier molecular flexibility index (Phi) is 7.04. The van der Waals surface area contributed by atoms with Crippen LogP contribution in [0.3, 0.4) is 0 Å². The maximum absolute atomic E-state index is 14.7. The Hall–Kier alpha value is -3.41. The Bertz CT molecular complexity index is 1850. The molecule has 2 amide bonds. The third kappa shape index (κ3) is 4.68. The summed E-state index contributed by atoms with van der Waals surface area (Å²) >= 11 is 0. The lowest BCUT2D eigenvalue weighted by Crippen LogP contribution is -2.49. The molecule has 3 aliphatic heterocycles. The highest BCUT2D eigenvalue weighted by Gasteiger charge is 2.64. The molecule has 2 saturated carbocycles. The summed E-state index contributed by atoms with van der Waals surface area (Å²) in [6, 6.07) is 11.8. The summed E-state index contributed by atoms with van der Waals surface area (Å²) in [5.74, 6) is 0.694. The van der Waals surface area contributed by atoms with Gasteiger partial charge in [0, 0.05) is 61.7 Å². The predicted octanol–water partition coefficient (Wildman–Crippen LogP) is 4.78. The van der Waals surface area contributed by atoms with E-state index in [1.54, 1.807) is 13.2 Å². The number of carbonyl (C=O) groups is 2. The van der Waals surface area contributed by atoms with Gasteiger partial charge in [0.15, 0.2) is 0 Å². The summed E-state index contributed by atoms with van der Waals surface area (Å²) < 4.78 is 42.4. The quantitative estimate of drug-likeness (QED) is 0.413. The van der Waals surface area contributed by atoms with Crippen LogP contribution in [-0.4, -0.2) is 80.5 Å². The average Bonchev–Trinajstić information content (AvgIpc) is 3.60. The van der Waals surface area contributed by atoms with Gasteiger partial charge in [0.05, 0.1) is 30.4 Å². The van der Waals surface area contributed by atoms with Gasteiger partial charge >= 0.3 is 10.2 Å². The van der Waals surface area contributed by atoms with Gasteiger partial charge in [0.25, 0.3) is 5.91 Å². The van der Waals surface area contributed by atoms with E-state index in [1.807, 2.05) is 18.2 Å². The van der Waals surface area contributed by atoms with Crippen molar-refractivity contribution in [1.82, 2.24) is 18.5 Å². The van der Waals surface area contributed by atoms with Crippen LogP contribution in [0.15, 0.2) is 36.4 Å². The lowest BCUT2D eigenvalue weighted by atomic mass is 9.81. The van der Waals surface area contributed by atoms with Crippen molar-refractivity contribution in [1.29, 1.82) is 0 Å². The first kappa shape index (κ1) is 30.0. The van der Waals surface area contributed by atoms with E-state index in [1.165, 1.54) is 38.9 Å². The van der Waals surface area contributed by atoms with Crippen LogP contribution >= 0.6 is 0 Å². The van der Waals surface area contributed by atoms with Gasteiger partial charge in [-0.1, -0.05) is 25.3 Å². The van der Waals surface area contributed by atoms with E-state index < -0.39 is 21.5 Å². The first-order valence-corrected chi connectivity index (χ1v) is 18.1. The fraction of sp³-hybridized carbons (Fsp3) is 0.543. The predicted molar refractivity (Wildman–Crippen MR) is 174 cm³/mol. The van der Waals surface area contributed by atoms with Crippen molar-refractivity contribution < 1.29 is 27.5 Å². The monoisotopic (exact) mass is 646 g/mol. The number of morpholine rings is 1. The second-order valence-corrected chi connectivity index (χ2v) is 16.1. The Morgan fingerprint density at radius 2 is 1.74 bits per heavy atom. The minimum atomic E-state index is -3.97. The van der Waals surface area contributed by atoms with E-state index in [2.05, 4.69) is 26.3 Å². The number of carbonyl (C=O) groups excluding carboxylic acids is 2. The molecule has 2 unspecified atom stereocenters. The Morgan fingerprint density at radius 1 is 1.00 bits per heavy atom. The SMILES string of the molecule is COc1ccc2c(c1)C1CC1(C(=O)N1C[C@H]3CC[C@@H](C1)O3)Cn1c-2c(C2CCCCC2)c2ccc(C(=O)NS(=O)(=O)N(C)C)cc21. The highest BCUT2D eigenvalue weighted by atomic mass is 32.2. The van der Waals surface area contributed by atoms with E-state index >= 15 is 0 Å². The molecule has 1 aromatic heterocycles. The zero-order chi connectivity index (χ0) is 32.0. The molecule has 3 aromatic rings. The van der Waals surface area contributed by atoms with Crippen LogP contribution in [0, 0.1) is 5.41 Å². The average molecular weight is 647 g/mol. The van der Waals surface area contributed by atoms with Crippen LogP contribution in [0.4, 0.5) is 0 Å². The molecular weight excluding hydrogens is 604 g/mol. The number of hydrogen-bond acceptors (Lipinski definition) is 6. The van der Waals surface area contributed by atoms with Gasteiger partial charge < -0.3 is 18.9 Å². The topological polar surface area (TPSA) is 110 Å². The highest BCUT2D eigenvalue weighted by molar-refractivity contribution is 7.87. The van der Waals surface area contributed by atoms with Crippen LogP contribution in [0.2, 0.25) is 0 Å². The van der Waals surface area contributed by atoms with Crippen LogP contribution < -0.4 is 9.46 Å². The molecule has 2 aromatic carbocycles. The number of likely N-dealkylation sites (tertiary alicyclic amines) is 1. The summed E-state index contributed by atoms with van der Waals surface area (Å²) in [4.78, 5) is 30.1. The van der Waals surface area contributed by atoms with Crippen molar-refractivity contribution in [3.05, 3.63) is 53.1 Å². The summed E-state index contributed by atoms with van der Waals surface area (Å²) in [6.07, 6.45) is 8.69. The standard InChI is InChI=1S/C35H42N4O6S/c1-37(2)46(42,43)36-33(40)22-9-13-27-30(15-22)39-20-35(34(41)38-18-24-10-11-25(19-38)45-24)17-29(35)28-16-23(44-3)12-14-26(28)32(39)31(27)21-7-5-4-6-8-21/h9,12-16,21,24-25,29H,4-8,10-11,17-20H2,1-3H3,(H,36,40)/t24-,25+,29?,35?. The van der Waals surface area contributed by atoms with E-state index in [-0.39, 0.29) is 29.6 Å². The van der Waals surface area contributed by atoms with Gasteiger partial charge in [-0.25, -0.2) is 4.72 Å². The minimum Gasteiger partial charge on any atom is -0.497 e. The summed E-state index contributed by atoms with van der Waals surface area (Å²) in [6.45, 7) is 1.76. The number of methoxy groups -OCH3 is 1. The van der Waals surface area contributed by atoms with Gasteiger partial charge in [0.2, 0.25) is 5.91 Å². The van der Waals surface area contributed by atoms with E-state index in [4.69, 9.17) is 9.47 Å². The molecule has 4 heterocycles. The fourth-order valence-electron chi connectivity index (χ4n) is 8.79. The van der Waals surface area contributed by atoms with Crippen molar-refractivity contribution in [3.8, 4) is 17.0 Å². The molecule has 2 bridgehead atoms. The Balaban J connectivity index is 1.31. The lowest BCUT2D eigenvalue weighted by molar-refractivity contribution is -0.146. The molecule has 4 fully saturated rings. The molecular formula is C35H42N4O6S. The van der Waals surface area contributed by atoms with Crippen LogP contribution in [0.25, 0.3) is 22.2 Å². The summed E-state index contributed by atoms with van der Waals surface area (Å²) in [5, 5.41) is 1.07. The number of ether oxygens (including phenoxy) is 2. The summed E-state index contributed by atoms with van der Waals surface area (Å²) in [7, 11) is 0.488. The number of aromatic nitrogens is 1. The van der Waals surface area contributed by atoms with Crippen molar-refractivity contribution >= 4 is 32.9 Å². The third-order valence-electron chi connectivity index (χ3n) is 11.2. The second-order valence-electron chi connectivity index (χ2n) is 14.2. The first-order valence-electron chi connectivity index (χ1n) is 16.6. The van der Waals surface area contributed by atoms with Gasteiger partial charge in [-0.3, -0.25) is 9.59 Å². The van der Waals surface area contributed by atoms with E-state index in [9.17, 15) is 18.0 Å². The zero-order valence-corrected chi connectivity index (χ0v) is 27.6. The zero-order valence-electron chi connectivity index (χ0n) is 26.8. The van der Waals surface area contributed by atoms with Crippen molar-refractivity contribution in [2.24, 2.45) is 5.41 Å². The fourth-order valence-corrected chi connectivity index (χ4v) is 9.32. The molecule has 2 aliphatic carbocycles. The minimum absolute atomic E-state index is 0.0523. The molecule has 10 nitrogen and oxygen atoms in total. The molecule has 0 spiro atoms. The van der Waals surface area contributed by atoms with Crippen molar-refractivity contribution in [3.63, 3.8) is 0 Å². The van der Waals surface area contributed by atoms with Gasteiger partial charge in [-0.05, 0) is 79.5 Å². The van der Waals surface area contributed by atoms with Crippen LogP contribution in [0.1, 0.15) is 84.7 Å². The molecule has 0 radical (unpaired) electrons. The molecule has 5 aliphatic rings. The maximum atomic E-state index is 14.7. The molecule has 4 atom stereocenters. The lowest BCUT2D eigenvalue weighted by Gasteiger charge is -2.35. The second kappa shape index (κ2) is 10.8. The normalized spacial score (nSPS) is 27.1. The van der Waals surface area contributed by atoms with E-state index in [0.29, 0.717) is 25.6 Å². The van der Waals surface area contributed by atoms with Gasteiger partial charge in [0.1, 0.15) is 5.75 Å². The molecule has 1 N–H and O–H groups in total. The van der Waals surface area contributed by atoms with Crippen molar-refractivity contribution in [2.45, 2.75) is 82.0 Å². The molecule has 11 heteroatoms.